The molecule has 0 fully saturated rings. The molecule has 0 spiro atoms. The molecule has 0 saturated carbocycles. The minimum atomic E-state index is -1.96. The molecule has 2 unspecified atom stereocenters. The van der Waals surface area contributed by atoms with E-state index >= 15 is 0 Å². The number of aryl methyl sites for hydroxylation is 1. The number of hydrogen-bond acceptors (Lipinski definition) is 3. The highest BCUT2D eigenvalue weighted by molar-refractivity contribution is 7.80. The second-order valence-electron chi connectivity index (χ2n) is 8.29. The molecule has 0 saturated heterocycles. The van der Waals surface area contributed by atoms with Crippen LogP contribution in [0.1, 0.15) is 29.0 Å². The van der Waals surface area contributed by atoms with Gasteiger partial charge in [0.2, 0.25) is 0 Å². The highest BCUT2D eigenvalue weighted by Crippen LogP contribution is 2.34. The third-order valence-corrected chi connectivity index (χ3v) is 6.75. The summed E-state index contributed by atoms with van der Waals surface area (Å²) >= 11 is -1.96. The first-order valence-corrected chi connectivity index (χ1v) is 11.7. The molecular weight excluding hydrogens is 404 g/mol. The molecule has 0 bridgehead atoms. The third kappa shape index (κ3) is 5.96. The molecule has 31 heavy (non-hydrogen) atoms. The Hall–Kier alpha value is -2.63. The van der Waals surface area contributed by atoms with Gasteiger partial charge in [0, 0.05) is 45.5 Å². The van der Waals surface area contributed by atoms with Crippen molar-refractivity contribution in [2.75, 3.05) is 38.0 Å². The summed E-state index contributed by atoms with van der Waals surface area (Å²) in [5.41, 5.74) is 5.52. The fourth-order valence-corrected chi connectivity index (χ4v) is 4.79. The zero-order chi connectivity index (χ0) is 22.4. The SMILES string of the molecule is CN(C)c1ccc(C(c2ccc(N(C)C)cc2)C(CCc2ccccc2)S(=O)O)cc1. The molecule has 3 aromatic carbocycles. The van der Waals surface area contributed by atoms with Crippen molar-refractivity contribution in [3.05, 3.63) is 95.6 Å². The van der Waals surface area contributed by atoms with Crippen LogP contribution in [0.2, 0.25) is 0 Å². The van der Waals surface area contributed by atoms with E-state index in [1.165, 1.54) is 5.56 Å². The van der Waals surface area contributed by atoms with Gasteiger partial charge in [0.15, 0.2) is 11.1 Å². The smallest absolute Gasteiger partial charge is 0.156 e. The summed E-state index contributed by atoms with van der Waals surface area (Å²) in [4.78, 5) is 4.11. The zero-order valence-electron chi connectivity index (χ0n) is 18.7. The molecule has 3 rings (SSSR count). The van der Waals surface area contributed by atoms with E-state index in [0.717, 1.165) is 28.9 Å². The maximum Gasteiger partial charge on any atom is 0.156 e. The highest BCUT2D eigenvalue weighted by Gasteiger charge is 2.29. The average Bonchev–Trinajstić information content (AvgIpc) is 2.77. The first-order chi connectivity index (χ1) is 14.9. The Morgan fingerprint density at radius 1 is 0.742 bits per heavy atom. The molecule has 0 aromatic heterocycles. The summed E-state index contributed by atoms with van der Waals surface area (Å²) in [5, 5.41) is -0.407. The molecule has 3 aromatic rings. The third-order valence-electron chi connectivity index (χ3n) is 5.73. The lowest BCUT2D eigenvalue weighted by molar-refractivity contribution is 0.525. The summed E-state index contributed by atoms with van der Waals surface area (Å²) in [6.45, 7) is 0. The molecule has 164 valence electrons. The van der Waals surface area contributed by atoms with E-state index in [4.69, 9.17) is 0 Å². The van der Waals surface area contributed by atoms with Gasteiger partial charge in [-0.3, -0.25) is 0 Å². The van der Waals surface area contributed by atoms with Crippen LogP contribution in [0.3, 0.4) is 0 Å². The van der Waals surface area contributed by atoms with Gasteiger partial charge in [-0.1, -0.05) is 54.6 Å². The first-order valence-electron chi connectivity index (χ1n) is 10.5. The van der Waals surface area contributed by atoms with E-state index in [0.29, 0.717) is 6.42 Å². The lowest BCUT2D eigenvalue weighted by Gasteiger charge is -2.27. The van der Waals surface area contributed by atoms with Crippen LogP contribution in [0.15, 0.2) is 78.9 Å². The maximum atomic E-state index is 12.6. The summed E-state index contributed by atoms with van der Waals surface area (Å²) < 4.78 is 22.9. The Balaban J connectivity index is 1.98. The van der Waals surface area contributed by atoms with Gasteiger partial charge < -0.3 is 14.4 Å². The summed E-state index contributed by atoms with van der Waals surface area (Å²) in [6.07, 6.45) is 1.39. The van der Waals surface area contributed by atoms with Crippen molar-refractivity contribution in [2.24, 2.45) is 0 Å². The van der Waals surface area contributed by atoms with Crippen LogP contribution < -0.4 is 9.80 Å². The van der Waals surface area contributed by atoms with Gasteiger partial charge in [0.1, 0.15) is 0 Å². The minimum absolute atomic E-state index is 0.165. The van der Waals surface area contributed by atoms with Gasteiger partial charge in [0.25, 0.3) is 0 Å². The Morgan fingerprint density at radius 2 is 1.19 bits per heavy atom. The largest absolute Gasteiger partial charge is 0.378 e. The van der Waals surface area contributed by atoms with E-state index < -0.39 is 16.3 Å². The van der Waals surface area contributed by atoms with Crippen LogP contribution >= 0.6 is 0 Å². The highest BCUT2D eigenvalue weighted by atomic mass is 32.2. The Morgan fingerprint density at radius 3 is 1.58 bits per heavy atom. The standard InChI is InChI=1S/C26H32N2O2S/c1-27(2)23-15-11-21(12-16-23)26(22-13-17-24(18-14-22)28(3)4)25(31(29)30)19-10-20-8-6-5-7-9-20/h5-9,11-18,25-26H,10,19H2,1-4H3,(H,29,30). The molecule has 1 N–H and O–H groups in total. The van der Waals surface area contributed by atoms with Crippen molar-refractivity contribution in [3.63, 3.8) is 0 Å². The van der Waals surface area contributed by atoms with E-state index in [9.17, 15) is 8.76 Å². The van der Waals surface area contributed by atoms with Crippen LogP contribution in [-0.4, -0.2) is 42.2 Å². The quantitative estimate of drug-likeness (QED) is 0.470. The molecule has 0 aliphatic carbocycles. The number of benzene rings is 3. The van der Waals surface area contributed by atoms with E-state index in [1.807, 2.05) is 46.4 Å². The topological polar surface area (TPSA) is 43.8 Å². The second kappa shape index (κ2) is 10.6. The minimum Gasteiger partial charge on any atom is -0.378 e. The Bertz CT molecular complexity index is 919. The van der Waals surface area contributed by atoms with Crippen molar-refractivity contribution in [1.82, 2.24) is 0 Å². The van der Waals surface area contributed by atoms with Crippen LogP contribution in [0, 0.1) is 0 Å². The van der Waals surface area contributed by atoms with E-state index in [-0.39, 0.29) is 5.92 Å². The Labute approximate surface area is 188 Å². The van der Waals surface area contributed by atoms with Crippen molar-refractivity contribution in [3.8, 4) is 0 Å². The van der Waals surface area contributed by atoms with Gasteiger partial charge in [0.05, 0.1) is 5.25 Å². The normalized spacial score (nSPS) is 13.1. The van der Waals surface area contributed by atoms with Gasteiger partial charge in [-0.05, 0) is 53.8 Å². The molecule has 2 atom stereocenters. The van der Waals surface area contributed by atoms with Crippen molar-refractivity contribution in [1.29, 1.82) is 0 Å². The predicted molar refractivity (Wildman–Crippen MR) is 133 cm³/mol. The molecule has 0 radical (unpaired) electrons. The number of rotatable bonds is 9. The fraction of sp³-hybridized carbons (Fsp3) is 0.308. The van der Waals surface area contributed by atoms with Crippen molar-refractivity contribution >= 4 is 22.5 Å². The van der Waals surface area contributed by atoms with E-state index in [1.54, 1.807) is 0 Å². The predicted octanol–water partition coefficient (Wildman–Crippen LogP) is 5.17. The van der Waals surface area contributed by atoms with Crippen LogP contribution in [0.5, 0.6) is 0 Å². The molecular formula is C26H32N2O2S. The number of hydrogen-bond donors (Lipinski definition) is 1. The van der Waals surface area contributed by atoms with Gasteiger partial charge in [-0.25, -0.2) is 4.21 Å². The molecule has 0 aliphatic heterocycles. The number of nitrogens with zero attached hydrogens (tertiary/aromatic N) is 2. The van der Waals surface area contributed by atoms with Gasteiger partial charge >= 0.3 is 0 Å². The van der Waals surface area contributed by atoms with Gasteiger partial charge in [-0.2, -0.15) is 0 Å². The summed E-state index contributed by atoms with van der Waals surface area (Å²) in [6, 6.07) is 26.8. The molecule has 5 heteroatoms. The summed E-state index contributed by atoms with van der Waals surface area (Å²) in [5.74, 6) is -0.165. The zero-order valence-corrected chi connectivity index (χ0v) is 19.5. The van der Waals surface area contributed by atoms with Gasteiger partial charge in [-0.15, -0.1) is 0 Å². The van der Waals surface area contributed by atoms with Crippen LogP contribution in [-0.2, 0) is 17.5 Å². The molecule has 0 heterocycles. The lowest BCUT2D eigenvalue weighted by Crippen LogP contribution is -2.26. The van der Waals surface area contributed by atoms with Crippen LogP contribution in [0.4, 0.5) is 11.4 Å². The second-order valence-corrected chi connectivity index (χ2v) is 9.45. The fourth-order valence-electron chi connectivity index (χ4n) is 3.92. The summed E-state index contributed by atoms with van der Waals surface area (Å²) in [7, 11) is 8.05. The molecule has 0 aliphatic rings. The van der Waals surface area contributed by atoms with E-state index in [2.05, 4.69) is 70.5 Å². The lowest BCUT2D eigenvalue weighted by atomic mass is 9.85. The molecule has 4 nitrogen and oxygen atoms in total. The number of anilines is 2. The monoisotopic (exact) mass is 436 g/mol. The molecule has 0 amide bonds. The average molecular weight is 437 g/mol. The van der Waals surface area contributed by atoms with Crippen molar-refractivity contribution in [2.45, 2.75) is 24.0 Å². The maximum absolute atomic E-state index is 12.6. The first kappa shape index (κ1) is 23.0. The van der Waals surface area contributed by atoms with Crippen molar-refractivity contribution < 1.29 is 8.76 Å². The Kier molecular flexibility index (Phi) is 7.88. The van der Waals surface area contributed by atoms with Crippen LogP contribution in [0.25, 0.3) is 0 Å².